The summed E-state index contributed by atoms with van der Waals surface area (Å²) in [4.78, 5) is 9.76. The van der Waals surface area contributed by atoms with Crippen LogP contribution in [0.1, 0.15) is 55.4 Å². The SMILES string of the molecule is CCc1nc(C2CCOCC2)nc(CC)c1CCNC. The van der Waals surface area contributed by atoms with E-state index in [4.69, 9.17) is 14.7 Å². The monoisotopic (exact) mass is 277 g/mol. The molecule has 1 saturated heterocycles. The third-order valence-electron chi connectivity index (χ3n) is 4.08. The van der Waals surface area contributed by atoms with E-state index in [1.54, 1.807) is 0 Å². The van der Waals surface area contributed by atoms with Crippen molar-refractivity contribution in [3.8, 4) is 0 Å². The van der Waals surface area contributed by atoms with Crippen LogP contribution in [0.5, 0.6) is 0 Å². The lowest BCUT2D eigenvalue weighted by Crippen LogP contribution is -2.20. The molecule has 1 aromatic rings. The van der Waals surface area contributed by atoms with Crippen LogP contribution in [-0.4, -0.2) is 36.8 Å². The van der Waals surface area contributed by atoms with Gasteiger partial charge < -0.3 is 10.1 Å². The van der Waals surface area contributed by atoms with Crippen molar-refractivity contribution in [1.29, 1.82) is 0 Å². The van der Waals surface area contributed by atoms with E-state index in [1.165, 1.54) is 17.0 Å². The normalized spacial score (nSPS) is 16.6. The van der Waals surface area contributed by atoms with Gasteiger partial charge in [0.05, 0.1) is 0 Å². The molecule has 1 aliphatic heterocycles. The van der Waals surface area contributed by atoms with Gasteiger partial charge in [0.15, 0.2) is 0 Å². The molecule has 0 aromatic carbocycles. The average Bonchev–Trinajstić information content (AvgIpc) is 2.52. The number of likely N-dealkylation sites (N-methyl/N-ethyl adjacent to an activating group) is 1. The second-order valence-corrected chi connectivity index (χ2v) is 5.40. The Bertz CT molecular complexity index is 403. The fourth-order valence-corrected chi connectivity index (χ4v) is 2.86. The molecule has 0 unspecified atom stereocenters. The van der Waals surface area contributed by atoms with Crippen LogP contribution in [0.25, 0.3) is 0 Å². The van der Waals surface area contributed by atoms with Gasteiger partial charge in [-0.05, 0) is 51.3 Å². The van der Waals surface area contributed by atoms with Gasteiger partial charge in [-0.15, -0.1) is 0 Å². The molecular weight excluding hydrogens is 250 g/mol. The third kappa shape index (κ3) is 3.55. The van der Waals surface area contributed by atoms with Crippen molar-refractivity contribution in [2.24, 2.45) is 0 Å². The van der Waals surface area contributed by atoms with E-state index in [-0.39, 0.29) is 0 Å². The van der Waals surface area contributed by atoms with E-state index in [9.17, 15) is 0 Å². The van der Waals surface area contributed by atoms with Crippen LogP contribution < -0.4 is 5.32 Å². The highest BCUT2D eigenvalue weighted by molar-refractivity contribution is 5.28. The summed E-state index contributed by atoms with van der Waals surface area (Å²) < 4.78 is 5.45. The quantitative estimate of drug-likeness (QED) is 0.866. The molecule has 0 saturated carbocycles. The van der Waals surface area contributed by atoms with Crippen molar-refractivity contribution in [3.05, 3.63) is 22.8 Å². The molecule has 20 heavy (non-hydrogen) atoms. The summed E-state index contributed by atoms with van der Waals surface area (Å²) in [7, 11) is 1.99. The lowest BCUT2D eigenvalue weighted by Gasteiger charge is -2.23. The first-order valence-corrected chi connectivity index (χ1v) is 7.91. The minimum Gasteiger partial charge on any atom is -0.381 e. The summed E-state index contributed by atoms with van der Waals surface area (Å²) in [6.45, 7) is 7.06. The first-order chi connectivity index (χ1) is 9.80. The Kier molecular flexibility index (Phi) is 5.92. The second kappa shape index (κ2) is 7.70. The Morgan fingerprint density at radius 1 is 1.10 bits per heavy atom. The van der Waals surface area contributed by atoms with Crippen LogP contribution in [-0.2, 0) is 24.0 Å². The maximum absolute atomic E-state index is 5.45. The van der Waals surface area contributed by atoms with E-state index in [0.717, 1.165) is 57.7 Å². The summed E-state index contributed by atoms with van der Waals surface area (Å²) in [6.07, 6.45) is 5.12. The van der Waals surface area contributed by atoms with E-state index >= 15 is 0 Å². The number of hydrogen-bond acceptors (Lipinski definition) is 4. The Labute approximate surface area is 122 Å². The van der Waals surface area contributed by atoms with Gasteiger partial charge in [-0.1, -0.05) is 13.8 Å². The zero-order chi connectivity index (χ0) is 14.4. The molecule has 0 amide bonds. The van der Waals surface area contributed by atoms with Crippen molar-refractivity contribution in [3.63, 3.8) is 0 Å². The zero-order valence-electron chi connectivity index (χ0n) is 13.0. The lowest BCUT2D eigenvalue weighted by molar-refractivity contribution is 0.0834. The van der Waals surface area contributed by atoms with Gasteiger partial charge in [0.2, 0.25) is 0 Å². The van der Waals surface area contributed by atoms with E-state index < -0.39 is 0 Å². The molecule has 112 valence electrons. The predicted molar refractivity (Wildman–Crippen MR) is 81.2 cm³/mol. The highest BCUT2D eigenvalue weighted by Crippen LogP contribution is 2.26. The zero-order valence-corrected chi connectivity index (χ0v) is 13.0. The van der Waals surface area contributed by atoms with E-state index in [0.29, 0.717) is 5.92 Å². The predicted octanol–water partition coefficient (Wildman–Crippen LogP) is 2.26. The topological polar surface area (TPSA) is 47.0 Å². The molecule has 2 rings (SSSR count). The van der Waals surface area contributed by atoms with Crippen LogP contribution >= 0.6 is 0 Å². The Balaban J connectivity index is 2.30. The van der Waals surface area contributed by atoms with Gasteiger partial charge in [0, 0.05) is 30.5 Å². The fourth-order valence-electron chi connectivity index (χ4n) is 2.86. The Morgan fingerprint density at radius 2 is 1.70 bits per heavy atom. The summed E-state index contributed by atoms with van der Waals surface area (Å²) >= 11 is 0. The maximum Gasteiger partial charge on any atom is 0.132 e. The number of rotatable bonds is 6. The summed E-state index contributed by atoms with van der Waals surface area (Å²) in [5.74, 6) is 1.54. The minimum atomic E-state index is 0.484. The molecule has 0 bridgehead atoms. The smallest absolute Gasteiger partial charge is 0.132 e. The molecule has 1 aromatic heterocycles. The Morgan fingerprint density at radius 3 is 2.20 bits per heavy atom. The Hall–Kier alpha value is -1.00. The highest BCUT2D eigenvalue weighted by atomic mass is 16.5. The second-order valence-electron chi connectivity index (χ2n) is 5.40. The maximum atomic E-state index is 5.45. The van der Waals surface area contributed by atoms with Gasteiger partial charge in [0.25, 0.3) is 0 Å². The van der Waals surface area contributed by atoms with Crippen LogP contribution in [0.2, 0.25) is 0 Å². The van der Waals surface area contributed by atoms with Gasteiger partial charge >= 0.3 is 0 Å². The number of ether oxygens (including phenoxy) is 1. The average molecular weight is 277 g/mol. The summed E-state index contributed by atoms with van der Waals surface area (Å²) in [5.41, 5.74) is 3.85. The van der Waals surface area contributed by atoms with Gasteiger partial charge in [-0.25, -0.2) is 9.97 Å². The lowest BCUT2D eigenvalue weighted by atomic mass is 9.97. The molecule has 4 nitrogen and oxygen atoms in total. The molecule has 1 fully saturated rings. The number of aromatic nitrogens is 2. The van der Waals surface area contributed by atoms with Crippen LogP contribution in [0.4, 0.5) is 0 Å². The van der Waals surface area contributed by atoms with Gasteiger partial charge in [-0.2, -0.15) is 0 Å². The van der Waals surface area contributed by atoms with Crippen molar-refractivity contribution in [1.82, 2.24) is 15.3 Å². The highest BCUT2D eigenvalue weighted by Gasteiger charge is 2.21. The summed E-state index contributed by atoms with van der Waals surface area (Å²) in [5, 5.41) is 3.22. The van der Waals surface area contributed by atoms with Gasteiger partial charge in [0.1, 0.15) is 5.82 Å². The number of hydrogen-bond donors (Lipinski definition) is 1. The van der Waals surface area contributed by atoms with Crippen molar-refractivity contribution in [2.45, 2.75) is 51.9 Å². The first-order valence-electron chi connectivity index (χ1n) is 7.91. The standard InChI is InChI=1S/C16H27N3O/c1-4-14-13(6-9-17-3)15(5-2)19-16(18-14)12-7-10-20-11-8-12/h12,17H,4-11H2,1-3H3. The molecular formula is C16H27N3O. The van der Waals surface area contributed by atoms with Crippen molar-refractivity contribution >= 4 is 0 Å². The molecule has 0 atom stereocenters. The molecule has 0 aliphatic carbocycles. The van der Waals surface area contributed by atoms with Gasteiger partial charge in [-0.3, -0.25) is 0 Å². The summed E-state index contributed by atoms with van der Waals surface area (Å²) in [6, 6.07) is 0. The molecule has 4 heteroatoms. The third-order valence-corrected chi connectivity index (χ3v) is 4.08. The molecule has 1 aliphatic rings. The number of aryl methyl sites for hydroxylation is 2. The largest absolute Gasteiger partial charge is 0.381 e. The number of nitrogens with one attached hydrogen (secondary N) is 1. The van der Waals surface area contributed by atoms with Crippen LogP contribution in [0.3, 0.4) is 0 Å². The van der Waals surface area contributed by atoms with Crippen molar-refractivity contribution in [2.75, 3.05) is 26.8 Å². The molecule has 0 radical (unpaired) electrons. The van der Waals surface area contributed by atoms with E-state index in [1.807, 2.05) is 7.05 Å². The van der Waals surface area contributed by atoms with Crippen LogP contribution in [0, 0.1) is 0 Å². The first kappa shape index (κ1) is 15.4. The molecule has 1 N–H and O–H groups in total. The van der Waals surface area contributed by atoms with E-state index in [2.05, 4.69) is 19.2 Å². The van der Waals surface area contributed by atoms with Crippen molar-refractivity contribution < 1.29 is 4.74 Å². The number of nitrogens with zero attached hydrogens (tertiary/aromatic N) is 2. The molecule has 0 spiro atoms. The van der Waals surface area contributed by atoms with Crippen LogP contribution in [0.15, 0.2) is 0 Å². The molecule has 2 heterocycles. The fraction of sp³-hybridized carbons (Fsp3) is 0.750. The minimum absolute atomic E-state index is 0.484.